The highest BCUT2D eigenvalue weighted by Gasteiger charge is 2.53. The molecule has 1 aromatic carbocycles. The van der Waals surface area contributed by atoms with Crippen molar-refractivity contribution in [2.24, 2.45) is 11.3 Å². The van der Waals surface area contributed by atoms with E-state index in [1.54, 1.807) is 12.4 Å². The molecule has 2 aliphatic rings. The van der Waals surface area contributed by atoms with Gasteiger partial charge in [0.25, 0.3) is 5.91 Å². The number of aromatic amines is 1. The Morgan fingerprint density at radius 2 is 1.90 bits per heavy atom. The van der Waals surface area contributed by atoms with E-state index in [2.05, 4.69) is 27.6 Å². The highest BCUT2D eigenvalue weighted by atomic mass is 16.2. The van der Waals surface area contributed by atoms with E-state index in [1.807, 2.05) is 28.0 Å². The molecule has 4 rings (SSSR count). The topological polar surface area (TPSA) is 98.4 Å². The Morgan fingerprint density at radius 3 is 2.60 bits per heavy atom. The molecule has 1 aromatic heterocycles. The zero-order valence-electron chi connectivity index (χ0n) is 17.1. The number of aromatic nitrogens is 2. The van der Waals surface area contributed by atoms with Crippen LogP contribution in [0.4, 0.5) is 0 Å². The van der Waals surface area contributed by atoms with Crippen LogP contribution >= 0.6 is 0 Å². The molecule has 2 aromatic rings. The summed E-state index contributed by atoms with van der Waals surface area (Å²) in [6, 6.07) is 10.3. The lowest BCUT2D eigenvalue weighted by atomic mass is 9.76. The Balaban J connectivity index is 1.49. The van der Waals surface area contributed by atoms with Gasteiger partial charge in [-0.3, -0.25) is 19.5 Å². The highest BCUT2D eigenvalue weighted by molar-refractivity contribution is 5.94. The molecule has 3 amide bonds. The van der Waals surface area contributed by atoms with Gasteiger partial charge in [0, 0.05) is 50.6 Å². The summed E-state index contributed by atoms with van der Waals surface area (Å²) in [6.07, 6.45) is 4.98. The summed E-state index contributed by atoms with van der Waals surface area (Å²) in [4.78, 5) is 40.4. The predicted octanol–water partition coefficient (Wildman–Crippen LogP) is 1.08. The van der Waals surface area contributed by atoms with Gasteiger partial charge in [-0.1, -0.05) is 30.3 Å². The number of nitrogens with one attached hydrogen (secondary N) is 2. The molecule has 8 heteroatoms. The maximum atomic E-state index is 12.9. The first-order valence-corrected chi connectivity index (χ1v) is 10.3. The van der Waals surface area contributed by atoms with Gasteiger partial charge < -0.3 is 15.1 Å². The molecule has 0 bridgehead atoms. The number of H-pyrrole nitrogens is 1. The van der Waals surface area contributed by atoms with Gasteiger partial charge >= 0.3 is 0 Å². The summed E-state index contributed by atoms with van der Waals surface area (Å²) in [5, 5.41) is 9.19. The van der Waals surface area contributed by atoms with Crippen molar-refractivity contribution >= 4 is 17.7 Å². The van der Waals surface area contributed by atoms with Gasteiger partial charge in [0.05, 0.1) is 18.3 Å². The molecule has 0 saturated carbocycles. The van der Waals surface area contributed by atoms with Crippen molar-refractivity contribution in [3.63, 3.8) is 0 Å². The minimum Gasteiger partial charge on any atom is -0.347 e. The normalized spacial score (nSPS) is 22.8. The number of carbonyl (C=O) groups excluding carboxylic acids is 3. The van der Waals surface area contributed by atoms with Crippen molar-refractivity contribution in [2.75, 3.05) is 32.7 Å². The molecule has 30 heavy (non-hydrogen) atoms. The van der Waals surface area contributed by atoms with Gasteiger partial charge in [0.15, 0.2) is 0 Å². The third kappa shape index (κ3) is 4.08. The first-order valence-electron chi connectivity index (χ1n) is 10.3. The van der Waals surface area contributed by atoms with Gasteiger partial charge in [-0.05, 0) is 18.4 Å². The quantitative estimate of drug-likeness (QED) is 0.746. The van der Waals surface area contributed by atoms with E-state index in [0.29, 0.717) is 31.7 Å². The monoisotopic (exact) mass is 409 g/mol. The fourth-order valence-electron chi connectivity index (χ4n) is 4.78. The Kier molecular flexibility index (Phi) is 5.57. The average Bonchev–Trinajstić information content (AvgIpc) is 3.45. The lowest BCUT2D eigenvalue weighted by Gasteiger charge is -2.29. The van der Waals surface area contributed by atoms with E-state index in [0.717, 1.165) is 12.8 Å². The van der Waals surface area contributed by atoms with Crippen LogP contribution in [0.15, 0.2) is 42.7 Å². The van der Waals surface area contributed by atoms with E-state index < -0.39 is 0 Å². The number of hydrogen-bond acceptors (Lipinski definition) is 4. The molecule has 2 fully saturated rings. The van der Waals surface area contributed by atoms with E-state index in [-0.39, 0.29) is 35.6 Å². The lowest BCUT2D eigenvalue weighted by molar-refractivity contribution is -0.132. The van der Waals surface area contributed by atoms with Crippen LogP contribution in [0.2, 0.25) is 0 Å². The van der Waals surface area contributed by atoms with E-state index >= 15 is 0 Å². The second kappa shape index (κ2) is 8.30. The number of fused-ring (bicyclic) bond motifs is 1. The number of benzene rings is 1. The Morgan fingerprint density at radius 1 is 1.17 bits per heavy atom. The zero-order valence-corrected chi connectivity index (χ0v) is 17.1. The SMILES string of the molecule is CC(=O)NCC(=O)N1C[C@@H]2CN(C(=O)c3cn[nH]c3)C[C@]2(CCc2ccccc2)C1. The number of nitrogens with zero attached hydrogens (tertiary/aromatic N) is 3. The van der Waals surface area contributed by atoms with E-state index in [9.17, 15) is 14.4 Å². The van der Waals surface area contributed by atoms with Crippen LogP contribution in [0.1, 0.15) is 29.3 Å². The summed E-state index contributed by atoms with van der Waals surface area (Å²) >= 11 is 0. The van der Waals surface area contributed by atoms with Crippen LogP contribution in [0.5, 0.6) is 0 Å². The number of hydrogen-bond donors (Lipinski definition) is 2. The molecule has 2 aliphatic heterocycles. The third-order valence-electron chi connectivity index (χ3n) is 6.39. The summed E-state index contributed by atoms with van der Waals surface area (Å²) < 4.78 is 0. The van der Waals surface area contributed by atoms with Crippen LogP contribution < -0.4 is 5.32 Å². The smallest absolute Gasteiger partial charge is 0.257 e. The molecular weight excluding hydrogens is 382 g/mol. The molecule has 0 unspecified atom stereocenters. The van der Waals surface area contributed by atoms with Gasteiger partial charge in [0.1, 0.15) is 0 Å². The van der Waals surface area contributed by atoms with Crippen molar-refractivity contribution in [3.05, 3.63) is 53.9 Å². The second-order valence-electron chi connectivity index (χ2n) is 8.40. The van der Waals surface area contributed by atoms with Crippen molar-refractivity contribution < 1.29 is 14.4 Å². The fourth-order valence-corrected chi connectivity index (χ4v) is 4.78. The summed E-state index contributed by atoms with van der Waals surface area (Å²) in [6.45, 7) is 3.91. The molecule has 2 saturated heterocycles. The minimum absolute atomic E-state index is 0.0200. The molecule has 0 spiro atoms. The summed E-state index contributed by atoms with van der Waals surface area (Å²) in [7, 11) is 0. The molecule has 2 atom stereocenters. The minimum atomic E-state index is -0.210. The fraction of sp³-hybridized carbons (Fsp3) is 0.455. The van der Waals surface area contributed by atoms with Gasteiger partial charge in [-0.25, -0.2) is 0 Å². The molecule has 2 N–H and O–H groups in total. The maximum absolute atomic E-state index is 12.9. The third-order valence-corrected chi connectivity index (χ3v) is 6.39. The Bertz CT molecular complexity index is 914. The van der Waals surface area contributed by atoms with E-state index in [4.69, 9.17) is 0 Å². The van der Waals surface area contributed by atoms with Crippen molar-refractivity contribution in [2.45, 2.75) is 19.8 Å². The van der Waals surface area contributed by atoms with Crippen molar-refractivity contribution in [3.8, 4) is 0 Å². The number of amides is 3. The highest BCUT2D eigenvalue weighted by Crippen LogP contribution is 2.46. The molecule has 0 radical (unpaired) electrons. The van der Waals surface area contributed by atoms with Crippen LogP contribution in [-0.4, -0.2) is 70.4 Å². The average molecular weight is 409 g/mol. The van der Waals surface area contributed by atoms with Gasteiger partial charge in [-0.15, -0.1) is 0 Å². The second-order valence-corrected chi connectivity index (χ2v) is 8.40. The first-order chi connectivity index (χ1) is 14.5. The van der Waals surface area contributed by atoms with Crippen LogP contribution in [0, 0.1) is 11.3 Å². The molecular formula is C22H27N5O3. The zero-order chi connectivity index (χ0) is 21.1. The van der Waals surface area contributed by atoms with Crippen LogP contribution in [0.3, 0.4) is 0 Å². The van der Waals surface area contributed by atoms with Crippen molar-refractivity contribution in [1.82, 2.24) is 25.3 Å². The lowest BCUT2D eigenvalue weighted by Crippen LogP contribution is -2.42. The maximum Gasteiger partial charge on any atom is 0.257 e. The summed E-state index contributed by atoms with van der Waals surface area (Å²) in [5.41, 5.74) is 1.68. The number of likely N-dealkylation sites (tertiary alicyclic amines) is 2. The van der Waals surface area contributed by atoms with Crippen LogP contribution in [0.25, 0.3) is 0 Å². The Labute approximate surface area is 175 Å². The summed E-state index contributed by atoms with van der Waals surface area (Å²) in [5.74, 6) is -0.0727. The number of carbonyl (C=O) groups is 3. The van der Waals surface area contributed by atoms with Gasteiger partial charge in [0.2, 0.25) is 11.8 Å². The largest absolute Gasteiger partial charge is 0.347 e. The number of rotatable bonds is 6. The molecule has 158 valence electrons. The standard InChI is InChI=1S/C22H27N5O3/c1-16(28)23-11-20(29)26-12-19-13-27(21(30)18-9-24-25-10-18)15-22(19,14-26)8-7-17-5-3-2-4-6-17/h2-6,9-10,19H,7-8,11-15H2,1H3,(H,23,28)(H,24,25)/t19-,22+/m1/s1. The molecule has 8 nitrogen and oxygen atoms in total. The Hall–Kier alpha value is -3.16. The number of aryl methyl sites for hydroxylation is 1. The van der Waals surface area contributed by atoms with E-state index in [1.165, 1.54) is 12.5 Å². The van der Waals surface area contributed by atoms with Gasteiger partial charge in [-0.2, -0.15) is 5.10 Å². The van der Waals surface area contributed by atoms with Crippen molar-refractivity contribution in [1.29, 1.82) is 0 Å². The predicted molar refractivity (Wildman–Crippen MR) is 110 cm³/mol. The molecule has 3 heterocycles. The first kappa shape index (κ1) is 20.1. The molecule has 0 aliphatic carbocycles. The van der Waals surface area contributed by atoms with Crippen LogP contribution in [-0.2, 0) is 16.0 Å².